The molecule has 0 N–H and O–H groups in total. The monoisotopic (exact) mass is 217 g/mol. The smallest absolute Gasteiger partial charge is 0.0979 e. The number of ether oxygens (including phenoxy) is 1. The molecule has 0 amide bonds. The lowest BCUT2D eigenvalue weighted by atomic mass is 10.0. The highest BCUT2D eigenvalue weighted by Crippen LogP contribution is 2.28. The predicted molar refractivity (Wildman–Crippen MR) is 64.2 cm³/mol. The molecular weight excluding hydrogens is 200 g/mol. The fourth-order valence-electron chi connectivity index (χ4n) is 2.00. The minimum atomic E-state index is 0.765. The lowest BCUT2D eigenvalue weighted by Crippen LogP contribution is -1.89. The first-order valence-electron chi connectivity index (χ1n) is 5.72. The third-order valence-electron chi connectivity index (χ3n) is 2.86. The molecule has 0 bridgehead atoms. The van der Waals surface area contributed by atoms with Gasteiger partial charge in [0.1, 0.15) is 0 Å². The molecule has 1 radical (unpaired) electrons. The molecule has 2 heteroatoms. The number of unbranched alkanes of at least 4 members (excludes halogenated alkanes) is 2. The van der Waals surface area contributed by atoms with Crippen molar-refractivity contribution in [2.24, 2.45) is 0 Å². The average Bonchev–Trinajstić information content (AvgIpc) is 2.73. The summed E-state index contributed by atoms with van der Waals surface area (Å²) in [7, 11) is 3.36. The number of hydrogen-bond acceptors (Lipinski definition) is 2. The van der Waals surface area contributed by atoms with E-state index in [9.17, 15) is 0 Å². The molecule has 2 rings (SSSR count). The van der Waals surface area contributed by atoms with E-state index in [1.165, 1.54) is 29.5 Å². The van der Waals surface area contributed by atoms with Gasteiger partial charge in [0.25, 0.3) is 0 Å². The first-order chi connectivity index (χ1) is 7.92. The second kappa shape index (κ2) is 5.71. The minimum Gasteiger partial charge on any atom is -0.472 e. The summed E-state index contributed by atoms with van der Waals surface area (Å²) in [5, 5.41) is 0. The third kappa shape index (κ3) is 2.64. The zero-order valence-corrected chi connectivity index (χ0v) is 9.45. The Kier molecular flexibility index (Phi) is 4.00. The van der Waals surface area contributed by atoms with Crippen LogP contribution in [0.3, 0.4) is 0 Å². The summed E-state index contributed by atoms with van der Waals surface area (Å²) in [6.07, 6.45) is 8.16. The maximum Gasteiger partial charge on any atom is 0.0979 e. The topological polar surface area (TPSA) is 22.4 Å². The van der Waals surface area contributed by atoms with E-state index in [1.807, 2.05) is 6.07 Å². The molecule has 0 atom stereocenters. The van der Waals surface area contributed by atoms with Crippen molar-refractivity contribution in [1.29, 1.82) is 0 Å². The highest BCUT2D eigenvalue weighted by atomic mass is 16.5. The molecule has 0 saturated heterocycles. The molecule has 0 saturated carbocycles. The summed E-state index contributed by atoms with van der Waals surface area (Å²) in [5.74, 6) is 0. The molecule has 0 fully saturated rings. The molecule has 0 aromatic heterocycles. The molecule has 2 nitrogen and oxygen atoms in total. The van der Waals surface area contributed by atoms with Gasteiger partial charge in [0.15, 0.2) is 0 Å². The second-order valence-electron chi connectivity index (χ2n) is 4.00. The Morgan fingerprint density at radius 1 is 1.12 bits per heavy atom. The van der Waals surface area contributed by atoms with Crippen LogP contribution in [0.5, 0.6) is 0 Å². The van der Waals surface area contributed by atoms with Crippen molar-refractivity contribution in [1.82, 2.24) is 0 Å². The van der Waals surface area contributed by atoms with E-state index < -0.39 is 0 Å². The molecule has 1 aliphatic heterocycles. The predicted octanol–water partition coefficient (Wildman–Crippen LogP) is 3.91. The molecule has 16 heavy (non-hydrogen) atoms. The van der Waals surface area contributed by atoms with Crippen molar-refractivity contribution in [3.05, 3.63) is 43.4 Å². The quantitative estimate of drug-likeness (QED) is 0.684. The van der Waals surface area contributed by atoms with Crippen molar-refractivity contribution in [2.75, 3.05) is 6.61 Å². The van der Waals surface area contributed by atoms with Gasteiger partial charge in [-0.05, 0) is 36.5 Å². The van der Waals surface area contributed by atoms with E-state index in [0.29, 0.717) is 0 Å². The van der Waals surface area contributed by atoms with Crippen molar-refractivity contribution in [3.63, 3.8) is 0 Å². The minimum absolute atomic E-state index is 0.765. The normalized spacial score (nSPS) is 11.1. The molecule has 0 spiro atoms. The Morgan fingerprint density at radius 3 is 2.94 bits per heavy atom. The maximum atomic E-state index is 5.14. The zero-order valence-electron chi connectivity index (χ0n) is 9.45. The van der Waals surface area contributed by atoms with Gasteiger partial charge in [0, 0.05) is 12.2 Å². The summed E-state index contributed by atoms with van der Waals surface area (Å²) >= 11 is 0. The van der Waals surface area contributed by atoms with E-state index in [0.717, 1.165) is 19.4 Å². The van der Waals surface area contributed by atoms with Gasteiger partial charge in [0.2, 0.25) is 0 Å². The molecule has 1 heterocycles. The van der Waals surface area contributed by atoms with Crippen LogP contribution in [0.1, 0.15) is 24.8 Å². The molecule has 0 aromatic rings. The summed E-state index contributed by atoms with van der Waals surface area (Å²) in [5.41, 5.74) is 3.93. The molecule has 1 aliphatic carbocycles. The zero-order chi connectivity index (χ0) is 11.2. The van der Waals surface area contributed by atoms with Crippen LogP contribution in [0, 0.1) is 7.11 Å². The van der Waals surface area contributed by atoms with Gasteiger partial charge in [-0.25, -0.2) is 0 Å². The highest BCUT2D eigenvalue weighted by molar-refractivity contribution is 5.69. The van der Waals surface area contributed by atoms with Crippen molar-refractivity contribution in [3.8, 4) is 11.1 Å². The largest absolute Gasteiger partial charge is 0.472 e. The van der Waals surface area contributed by atoms with Gasteiger partial charge in [0.05, 0.1) is 19.6 Å². The van der Waals surface area contributed by atoms with Crippen LogP contribution in [0.2, 0.25) is 0 Å². The maximum absolute atomic E-state index is 5.14. The van der Waals surface area contributed by atoms with Crippen molar-refractivity contribution < 1.29 is 9.15 Å². The molecular formula is C14H17O2. The lowest BCUT2D eigenvalue weighted by molar-refractivity contribution is 0.234. The Balaban J connectivity index is 1.86. The summed E-state index contributed by atoms with van der Waals surface area (Å²) in [6, 6.07) is 6.36. The SMILES string of the molecule is [CH2]OCCCCCc1ccc2coccc1-2. The Labute approximate surface area is 96.6 Å². The standard InChI is InChI=1S/C14H17O2/c1-15-9-4-2-3-5-12-6-7-13-11-16-10-8-14(12)13/h6-8,10-11H,1-5,9H2. The Hall–Kier alpha value is -1.28. The first-order valence-corrected chi connectivity index (χ1v) is 5.72. The van der Waals surface area contributed by atoms with Crippen LogP contribution < -0.4 is 0 Å². The molecule has 85 valence electrons. The number of aryl methyl sites for hydroxylation is 1. The number of fused-ring (bicyclic) bond motifs is 1. The summed E-state index contributed by atoms with van der Waals surface area (Å²) in [6.45, 7) is 0.765. The number of hydrogen-bond donors (Lipinski definition) is 0. The van der Waals surface area contributed by atoms with Crippen LogP contribution in [-0.4, -0.2) is 6.61 Å². The van der Waals surface area contributed by atoms with Crippen LogP contribution >= 0.6 is 0 Å². The summed E-state index contributed by atoms with van der Waals surface area (Å²) < 4.78 is 9.92. The van der Waals surface area contributed by atoms with Gasteiger partial charge in [-0.15, -0.1) is 0 Å². The third-order valence-corrected chi connectivity index (χ3v) is 2.86. The van der Waals surface area contributed by atoms with E-state index in [2.05, 4.69) is 19.2 Å². The fraction of sp³-hybridized carbons (Fsp3) is 0.357. The Bertz CT molecular complexity index is 392. The van der Waals surface area contributed by atoms with E-state index in [4.69, 9.17) is 9.15 Å². The van der Waals surface area contributed by atoms with Gasteiger partial charge < -0.3 is 9.15 Å². The van der Waals surface area contributed by atoms with Crippen LogP contribution in [0.15, 0.2) is 35.1 Å². The van der Waals surface area contributed by atoms with Gasteiger partial charge in [-0.2, -0.15) is 0 Å². The van der Waals surface area contributed by atoms with E-state index in [1.54, 1.807) is 12.5 Å². The molecule has 2 aliphatic rings. The average molecular weight is 217 g/mol. The number of rotatable bonds is 6. The summed E-state index contributed by atoms with van der Waals surface area (Å²) in [4.78, 5) is 0. The van der Waals surface area contributed by atoms with Crippen LogP contribution in [0.25, 0.3) is 11.1 Å². The highest BCUT2D eigenvalue weighted by Gasteiger charge is 2.08. The van der Waals surface area contributed by atoms with Gasteiger partial charge >= 0.3 is 0 Å². The Morgan fingerprint density at radius 2 is 2.06 bits per heavy atom. The van der Waals surface area contributed by atoms with Gasteiger partial charge in [-0.1, -0.05) is 18.6 Å². The van der Waals surface area contributed by atoms with Crippen molar-refractivity contribution >= 4 is 0 Å². The first kappa shape index (κ1) is 11.2. The van der Waals surface area contributed by atoms with E-state index in [-0.39, 0.29) is 0 Å². The molecule has 0 aromatic carbocycles. The van der Waals surface area contributed by atoms with Gasteiger partial charge in [-0.3, -0.25) is 0 Å². The van der Waals surface area contributed by atoms with Crippen molar-refractivity contribution in [2.45, 2.75) is 25.7 Å². The lowest BCUT2D eigenvalue weighted by Gasteiger charge is -2.03. The van der Waals surface area contributed by atoms with Crippen LogP contribution in [-0.2, 0) is 11.2 Å². The van der Waals surface area contributed by atoms with Crippen LogP contribution in [0.4, 0.5) is 0 Å². The van der Waals surface area contributed by atoms with E-state index >= 15 is 0 Å². The second-order valence-corrected chi connectivity index (χ2v) is 4.00. The molecule has 0 unspecified atom stereocenters. The fourth-order valence-corrected chi connectivity index (χ4v) is 2.00.